The van der Waals surface area contributed by atoms with Crippen molar-refractivity contribution >= 4 is 35.4 Å². The van der Waals surface area contributed by atoms with E-state index in [1.807, 2.05) is 0 Å². The van der Waals surface area contributed by atoms with Gasteiger partial charge in [-0.25, -0.2) is 13.8 Å². The second kappa shape index (κ2) is 8.02. The van der Waals surface area contributed by atoms with Crippen LogP contribution in [-0.4, -0.2) is 53.4 Å². The van der Waals surface area contributed by atoms with Gasteiger partial charge in [-0.3, -0.25) is 9.59 Å². The van der Waals surface area contributed by atoms with Crippen molar-refractivity contribution < 1.29 is 31.9 Å². The van der Waals surface area contributed by atoms with Crippen molar-refractivity contribution in [3.63, 3.8) is 0 Å². The van der Waals surface area contributed by atoms with E-state index >= 15 is 0 Å². The number of pyridine rings is 1. The van der Waals surface area contributed by atoms with Gasteiger partial charge in [0.05, 0.1) is 17.0 Å². The van der Waals surface area contributed by atoms with Gasteiger partial charge < -0.3 is 20.4 Å². The summed E-state index contributed by atoms with van der Waals surface area (Å²) in [5.74, 6) is -4.96. The molecule has 32 heavy (non-hydrogen) atoms. The smallest absolute Gasteiger partial charge is 0.340 e. The van der Waals surface area contributed by atoms with Crippen LogP contribution in [0.15, 0.2) is 23.1 Å². The molecule has 12 heteroatoms. The molecular weight excluding hydrogens is 456 g/mol. The van der Waals surface area contributed by atoms with E-state index in [0.29, 0.717) is 11.1 Å². The number of nitrogens with zero attached hydrogens (tertiary/aromatic N) is 2. The predicted octanol–water partition coefficient (Wildman–Crippen LogP) is 3.79. The Morgan fingerprint density at radius 2 is 2.19 bits per heavy atom. The van der Waals surface area contributed by atoms with E-state index in [1.54, 1.807) is 0 Å². The van der Waals surface area contributed by atoms with Crippen LogP contribution in [0.4, 0.5) is 23.4 Å². The summed E-state index contributed by atoms with van der Waals surface area (Å²) in [6.07, 6.45) is 0.0393. The zero-order valence-electron chi connectivity index (χ0n) is 16.6. The zero-order chi connectivity index (χ0) is 23.3. The molecule has 1 saturated carbocycles. The molecule has 0 spiro atoms. The fourth-order valence-electron chi connectivity index (χ4n) is 3.77. The third kappa shape index (κ3) is 3.94. The average molecular weight is 475 g/mol. The molecule has 1 aliphatic heterocycles. The van der Waals surface area contributed by atoms with Crippen molar-refractivity contribution in [3.05, 3.63) is 34.2 Å². The number of hydrogen-bond acceptors (Lipinski definition) is 5. The Labute approximate surface area is 185 Å². The van der Waals surface area contributed by atoms with Gasteiger partial charge >= 0.3 is 12.3 Å². The first kappa shape index (κ1) is 22.5. The summed E-state index contributed by atoms with van der Waals surface area (Å²) in [7, 11) is 0. The number of rotatable bonds is 9. The summed E-state index contributed by atoms with van der Waals surface area (Å²) in [5.41, 5.74) is -0.474. The fraction of sp³-hybridized carbons (Fsp3) is 0.500. The lowest BCUT2D eigenvalue weighted by Gasteiger charge is -2.42. The first-order valence-electron chi connectivity index (χ1n) is 9.85. The molecule has 2 aliphatic carbocycles. The summed E-state index contributed by atoms with van der Waals surface area (Å²) < 4.78 is 56.4. The maximum atomic E-state index is 13.3. The Morgan fingerprint density at radius 1 is 1.47 bits per heavy atom. The van der Waals surface area contributed by atoms with Crippen LogP contribution in [-0.2, 0) is 16.1 Å². The van der Waals surface area contributed by atoms with Gasteiger partial charge in [0, 0.05) is 42.4 Å². The maximum absolute atomic E-state index is 13.3. The van der Waals surface area contributed by atoms with E-state index in [1.165, 1.54) is 17.2 Å². The first-order valence-corrected chi connectivity index (χ1v) is 10.2. The summed E-state index contributed by atoms with van der Waals surface area (Å²) >= 11 is 5.97. The molecule has 1 aromatic heterocycles. The molecule has 1 atom stereocenters. The standard InChI is InChI=1S/C20H19ClF4N4O3/c21-13-5-19(7-26,14(13)32-9-20(24,25)18(22)23)8-29-6-12-11(17(29)31)3-4-27-15(12)28-16(30)10-1-2-10/h3-4,7,10,18,26H,1-2,5-6,8-9H2,(H,27,28,30)/t19-/m0/s1. The number of ether oxygens (including phenoxy) is 1. The molecule has 0 unspecified atom stereocenters. The molecule has 1 aromatic rings. The second-order valence-corrected chi connectivity index (χ2v) is 8.63. The minimum atomic E-state index is -4.38. The largest absolute Gasteiger partial charge is 0.489 e. The molecule has 1 fully saturated rings. The lowest BCUT2D eigenvalue weighted by Crippen LogP contribution is -2.47. The van der Waals surface area contributed by atoms with Crippen LogP contribution < -0.4 is 5.32 Å². The monoisotopic (exact) mass is 474 g/mol. The van der Waals surface area contributed by atoms with Crippen molar-refractivity contribution in [2.45, 2.75) is 38.2 Å². The molecule has 2 amide bonds. The Hall–Kier alpha value is -2.69. The van der Waals surface area contributed by atoms with Gasteiger partial charge in [0.1, 0.15) is 11.6 Å². The van der Waals surface area contributed by atoms with Crippen molar-refractivity contribution in [3.8, 4) is 0 Å². The van der Waals surface area contributed by atoms with Crippen LogP contribution in [0.1, 0.15) is 35.2 Å². The quantitative estimate of drug-likeness (QED) is 0.420. The van der Waals surface area contributed by atoms with Gasteiger partial charge in [0.15, 0.2) is 6.61 Å². The van der Waals surface area contributed by atoms with E-state index in [9.17, 15) is 27.2 Å². The normalized spacial score (nSPS) is 22.7. The third-order valence-electron chi connectivity index (χ3n) is 5.76. The van der Waals surface area contributed by atoms with E-state index in [4.69, 9.17) is 21.7 Å². The molecule has 3 aliphatic rings. The van der Waals surface area contributed by atoms with Crippen LogP contribution in [0.5, 0.6) is 0 Å². The highest BCUT2D eigenvalue weighted by atomic mass is 35.5. The van der Waals surface area contributed by atoms with Crippen LogP contribution in [0.3, 0.4) is 0 Å². The number of aromatic nitrogens is 1. The Balaban J connectivity index is 1.50. The number of hydrogen-bond donors (Lipinski definition) is 2. The molecule has 4 rings (SSSR count). The molecular formula is C20H19ClF4N4O3. The zero-order valence-corrected chi connectivity index (χ0v) is 17.4. The number of carbonyl (C=O) groups is 2. The average Bonchev–Trinajstić information content (AvgIpc) is 3.53. The van der Waals surface area contributed by atoms with E-state index < -0.39 is 30.3 Å². The number of anilines is 1. The number of alkyl halides is 4. The summed E-state index contributed by atoms with van der Waals surface area (Å²) in [6.45, 7) is -1.66. The maximum Gasteiger partial charge on any atom is 0.340 e. The highest BCUT2D eigenvalue weighted by Gasteiger charge is 2.51. The lowest BCUT2D eigenvalue weighted by atomic mass is 9.74. The van der Waals surface area contributed by atoms with E-state index in [0.717, 1.165) is 19.1 Å². The van der Waals surface area contributed by atoms with Crippen LogP contribution in [0.2, 0.25) is 0 Å². The topological polar surface area (TPSA) is 95.4 Å². The van der Waals surface area contributed by atoms with E-state index in [2.05, 4.69) is 10.3 Å². The third-order valence-corrected chi connectivity index (χ3v) is 6.06. The van der Waals surface area contributed by atoms with Crippen LogP contribution in [0.25, 0.3) is 0 Å². The number of fused-ring (bicyclic) bond motifs is 1. The van der Waals surface area contributed by atoms with Crippen molar-refractivity contribution in [2.24, 2.45) is 11.3 Å². The highest BCUT2D eigenvalue weighted by Crippen LogP contribution is 2.49. The van der Waals surface area contributed by atoms with Crippen LogP contribution >= 0.6 is 11.6 Å². The number of halogens is 5. The second-order valence-electron chi connectivity index (χ2n) is 8.17. The van der Waals surface area contributed by atoms with Crippen molar-refractivity contribution in [2.75, 3.05) is 18.5 Å². The summed E-state index contributed by atoms with van der Waals surface area (Å²) in [6, 6.07) is 1.51. The fourth-order valence-corrected chi connectivity index (χ4v) is 4.25. The summed E-state index contributed by atoms with van der Waals surface area (Å²) in [5, 5.41) is 10.5. The Bertz CT molecular complexity index is 1010. The molecule has 0 aromatic carbocycles. The van der Waals surface area contributed by atoms with Gasteiger partial charge in [-0.15, -0.1) is 0 Å². The molecule has 7 nitrogen and oxygen atoms in total. The van der Waals surface area contributed by atoms with Gasteiger partial charge in [0.25, 0.3) is 5.91 Å². The van der Waals surface area contributed by atoms with Crippen molar-refractivity contribution in [1.82, 2.24) is 9.88 Å². The number of carbonyl (C=O) groups excluding carboxylic acids is 2. The predicted molar refractivity (Wildman–Crippen MR) is 106 cm³/mol. The van der Waals surface area contributed by atoms with Gasteiger partial charge in [0.2, 0.25) is 5.91 Å². The minimum Gasteiger partial charge on any atom is -0.489 e. The Morgan fingerprint density at radius 3 is 2.78 bits per heavy atom. The molecule has 2 N–H and O–H groups in total. The van der Waals surface area contributed by atoms with E-state index in [-0.39, 0.29) is 47.9 Å². The number of amides is 2. The summed E-state index contributed by atoms with van der Waals surface area (Å²) in [4.78, 5) is 30.5. The number of nitrogens with one attached hydrogen (secondary N) is 2. The van der Waals surface area contributed by atoms with Crippen molar-refractivity contribution in [1.29, 1.82) is 5.41 Å². The molecule has 0 saturated heterocycles. The minimum absolute atomic E-state index is 0.0294. The van der Waals surface area contributed by atoms with Crippen LogP contribution in [0, 0.1) is 16.7 Å². The molecule has 0 bridgehead atoms. The highest BCUT2D eigenvalue weighted by molar-refractivity contribution is 6.31. The van der Waals surface area contributed by atoms with Gasteiger partial charge in [-0.2, -0.15) is 8.78 Å². The lowest BCUT2D eigenvalue weighted by molar-refractivity contribution is -0.161. The molecule has 2 heterocycles. The van der Waals surface area contributed by atoms with Gasteiger partial charge in [-0.1, -0.05) is 11.6 Å². The first-order chi connectivity index (χ1) is 15.1. The molecule has 0 radical (unpaired) electrons. The Kier molecular flexibility index (Phi) is 5.64. The number of allylic oxidation sites excluding steroid dienone is 1. The SMILES string of the molecule is N=C[C@]1(CN2Cc3c(ccnc3NC(=O)C3CC3)C2=O)CC(Cl)=C1OCC(F)(F)C(F)F. The molecule has 172 valence electrons. The van der Waals surface area contributed by atoms with Gasteiger partial charge in [-0.05, 0) is 18.9 Å².